The summed E-state index contributed by atoms with van der Waals surface area (Å²) in [5.74, 6) is -0.524. The number of anilines is 1. The number of fused-ring (bicyclic) bond motifs is 2. The monoisotopic (exact) mass is 403 g/mol. The molecular formula is C18H18FN5O3S. The van der Waals surface area contributed by atoms with Crippen molar-refractivity contribution in [1.82, 2.24) is 8.94 Å². The molecule has 1 aliphatic carbocycles. The van der Waals surface area contributed by atoms with Crippen molar-refractivity contribution in [3.63, 3.8) is 0 Å². The molecule has 146 valence electrons. The van der Waals surface area contributed by atoms with Crippen LogP contribution in [0.5, 0.6) is 0 Å². The summed E-state index contributed by atoms with van der Waals surface area (Å²) in [6.07, 6.45) is 1.93. The van der Waals surface area contributed by atoms with Crippen LogP contribution in [0.2, 0.25) is 0 Å². The summed E-state index contributed by atoms with van der Waals surface area (Å²) >= 11 is 1.15. The molecule has 0 bridgehead atoms. The van der Waals surface area contributed by atoms with Crippen LogP contribution in [0, 0.1) is 5.82 Å². The third-order valence-electron chi connectivity index (χ3n) is 5.36. The Morgan fingerprint density at radius 1 is 1.36 bits per heavy atom. The van der Waals surface area contributed by atoms with E-state index in [-0.39, 0.29) is 22.9 Å². The molecule has 28 heavy (non-hydrogen) atoms. The summed E-state index contributed by atoms with van der Waals surface area (Å²) in [7, 11) is 1.45. The highest BCUT2D eigenvalue weighted by molar-refractivity contribution is 7.12. The number of H-pyrrole nitrogens is 1. The zero-order valence-electron chi connectivity index (χ0n) is 15.1. The minimum Gasteiger partial charge on any atom is -0.399 e. The molecule has 1 atom stereocenters. The van der Waals surface area contributed by atoms with Crippen LogP contribution in [-0.2, 0) is 4.84 Å². The zero-order chi connectivity index (χ0) is 19.6. The first kappa shape index (κ1) is 17.4. The molecule has 2 fully saturated rings. The van der Waals surface area contributed by atoms with Crippen molar-refractivity contribution in [3.8, 4) is 0 Å². The predicted octanol–water partition coefficient (Wildman–Crippen LogP) is 1.53. The molecular weight excluding hydrogens is 385 g/mol. The second-order valence-corrected chi connectivity index (χ2v) is 8.01. The number of aromatic amines is 1. The second-order valence-electron chi connectivity index (χ2n) is 7.22. The van der Waals surface area contributed by atoms with E-state index in [4.69, 9.17) is 10.6 Å². The first-order valence-electron chi connectivity index (χ1n) is 8.99. The van der Waals surface area contributed by atoms with Crippen LogP contribution in [0.15, 0.2) is 26.9 Å². The van der Waals surface area contributed by atoms with Crippen molar-refractivity contribution in [3.05, 3.63) is 38.5 Å². The lowest BCUT2D eigenvalue weighted by molar-refractivity contribution is 0.212. The molecule has 0 radical (unpaired) electrons. The Kier molecular flexibility index (Phi) is 3.81. The minimum absolute atomic E-state index is 0.106. The van der Waals surface area contributed by atoms with Gasteiger partial charge < -0.3 is 20.0 Å². The molecule has 2 aliphatic rings. The lowest BCUT2D eigenvalue weighted by Crippen LogP contribution is -2.30. The van der Waals surface area contributed by atoms with E-state index >= 15 is 0 Å². The number of hydrogen-bond donors (Lipinski definition) is 2. The van der Waals surface area contributed by atoms with Gasteiger partial charge in [0.15, 0.2) is 0 Å². The van der Waals surface area contributed by atoms with Gasteiger partial charge in [-0.2, -0.15) is 0 Å². The lowest BCUT2D eigenvalue weighted by Gasteiger charge is -2.20. The quantitative estimate of drug-likeness (QED) is 0.645. The van der Waals surface area contributed by atoms with Gasteiger partial charge in [0.2, 0.25) is 5.43 Å². The fourth-order valence-electron chi connectivity index (χ4n) is 3.89. The number of aromatic nitrogens is 2. The van der Waals surface area contributed by atoms with E-state index in [1.807, 2.05) is 4.57 Å². The molecule has 3 aromatic rings. The normalized spacial score (nSPS) is 21.3. The molecule has 8 nitrogen and oxygen atoms in total. The summed E-state index contributed by atoms with van der Waals surface area (Å²) in [5.41, 5.74) is 6.86. The average Bonchev–Trinajstić information content (AvgIpc) is 3.33. The smallest absolute Gasteiger partial charge is 0.271 e. The van der Waals surface area contributed by atoms with Crippen molar-refractivity contribution < 1.29 is 9.23 Å². The van der Waals surface area contributed by atoms with E-state index in [2.05, 4.69) is 9.53 Å². The van der Waals surface area contributed by atoms with Crippen molar-refractivity contribution in [2.24, 2.45) is 10.9 Å². The van der Waals surface area contributed by atoms with Gasteiger partial charge in [0.05, 0.1) is 29.5 Å². The highest BCUT2D eigenvalue weighted by atomic mass is 32.1. The predicted molar refractivity (Wildman–Crippen MR) is 107 cm³/mol. The van der Waals surface area contributed by atoms with Crippen LogP contribution in [0.25, 0.3) is 21.1 Å². The number of nitrogens with one attached hydrogen (secondary N) is 1. The number of oxime groups is 1. The Balaban J connectivity index is 1.76. The highest BCUT2D eigenvalue weighted by Gasteiger charge is 2.32. The molecule has 10 heteroatoms. The van der Waals surface area contributed by atoms with Crippen LogP contribution in [0.1, 0.15) is 18.9 Å². The number of halogens is 1. The van der Waals surface area contributed by atoms with Gasteiger partial charge in [-0.05, 0) is 36.5 Å². The van der Waals surface area contributed by atoms with Crippen LogP contribution in [0.4, 0.5) is 10.1 Å². The van der Waals surface area contributed by atoms with Crippen LogP contribution < -0.4 is 21.6 Å². The van der Waals surface area contributed by atoms with Crippen LogP contribution in [0.3, 0.4) is 0 Å². The Morgan fingerprint density at radius 3 is 2.86 bits per heavy atom. The van der Waals surface area contributed by atoms with Crippen LogP contribution in [-0.4, -0.2) is 40.9 Å². The average molecular weight is 403 g/mol. The molecule has 3 N–H and O–H groups in total. The second kappa shape index (κ2) is 6.14. The van der Waals surface area contributed by atoms with Crippen molar-refractivity contribution >= 4 is 44.1 Å². The number of nitrogens with two attached hydrogens (primary N) is 1. The maximum atomic E-state index is 15.0. The number of hydrogen-bond acceptors (Lipinski definition) is 7. The van der Waals surface area contributed by atoms with E-state index in [0.717, 1.165) is 24.4 Å². The number of pyridine rings is 1. The summed E-state index contributed by atoms with van der Waals surface area (Å²) in [5, 5.41) is 4.25. The van der Waals surface area contributed by atoms with Crippen molar-refractivity contribution in [2.45, 2.75) is 24.9 Å². The van der Waals surface area contributed by atoms with Gasteiger partial charge in [0.1, 0.15) is 23.1 Å². The van der Waals surface area contributed by atoms with Gasteiger partial charge in [0.25, 0.3) is 5.56 Å². The Hall–Kier alpha value is -2.72. The first-order chi connectivity index (χ1) is 13.5. The third-order valence-corrected chi connectivity index (χ3v) is 6.24. The lowest BCUT2D eigenvalue weighted by atomic mass is 10.1. The van der Waals surface area contributed by atoms with Gasteiger partial charge in [-0.1, -0.05) is 5.16 Å². The summed E-state index contributed by atoms with van der Waals surface area (Å²) in [4.78, 5) is 32.2. The summed E-state index contributed by atoms with van der Waals surface area (Å²) < 4.78 is 19.6. The third kappa shape index (κ3) is 2.48. The standard InChI is InChI=1S/C18H18FN5O3S/c1-27-21-12-7-23(6-11(12)20)14-5-13-9(4-10(14)19)16(25)15-17(26)22-28-18(15)24(13)8-2-3-8/h4-5,8,11H,2-3,6-7,20H2,1H3,(H,22,26)/b21-12+. The Bertz CT molecular complexity index is 1260. The molecule has 2 aromatic heterocycles. The Morgan fingerprint density at radius 2 is 2.14 bits per heavy atom. The van der Waals surface area contributed by atoms with Gasteiger partial charge >= 0.3 is 0 Å². The number of nitrogens with zero attached hydrogens (tertiary/aromatic N) is 3. The zero-order valence-corrected chi connectivity index (χ0v) is 15.9. The van der Waals surface area contributed by atoms with E-state index in [1.54, 1.807) is 11.0 Å². The fraction of sp³-hybridized carbons (Fsp3) is 0.389. The maximum absolute atomic E-state index is 15.0. The van der Waals surface area contributed by atoms with E-state index in [9.17, 15) is 14.0 Å². The van der Waals surface area contributed by atoms with E-state index < -0.39 is 16.8 Å². The van der Waals surface area contributed by atoms with Crippen LogP contribution >= 0.6 is 11.5 Å². The van der Waals surface area contributed by atoms with Gasteiger partial charge in [0, 0.05) is 18.0 Å². The maximum Gasteiger partial charge on any atom is 0.271 e. The van der Waals surface area contributed by atoms with Gasteiger partial charge in [-0.3, -0.25) is 14.0 Å². The minimum atomic E-state index is -0.524. The van der Waals surface area contributed by atoms with Crippen molar-refractivity contribution in [2.75, 3.05) is 25.1 Å². The van der Waals surface area contributed by atoms with E-state index in [0.29, 0.717) is 34.8 Å². The molecule has 0 amide bonds. The summed E-state index contributed by atoms with van der Waals surface area (Å²) in [6, 6.07) is 2.79. The molecule has 1 aliphatic heterocycles. The van der Waals surface area contributed by atoms with E-state index in [1.165, 1.54) is 13.2 Å². The Labute approximate surface area is 162 Å². The largest absolute Gasteiger partial charge is 0.399 e. The number of rotatable bonds is 3. The molecule has 0 spiro atoms. The van der Waals surface area contributed by atoms with Gasteiger partial charge in [-0.25, -0.2) is 4.39 Å². The molecule has 1 saturated heterocycles. The van der Waals surface area contributed by atoms with Gasteiger partial charge in [-0.15, -0.1) is 0 Å². The molecule has 3 heterocycles. The SMILES string of the molecule is CO/N=C1\CN(c2cc3c(cc2F)c(=O)c2c(=O)[nH]sc2n3C2CC2)CC1N. The van der Waals surface area contributed by atoms with Crippen molar-refractivity contribution in [1.29, 1.82) is 0 Å². The number of benzene rings is 1. The molecule has 1 aromatic carbocycles. The first-order valence-corrected chi connectivity index (χ1v) is 9.80. The summed E-state index contributed by atoms with van der Waals surface area (Å²) in [6.45, 7) is 0.753. The molecule has 1 saturated carbocycles. The topological polar surface area (TPSA) is 106 Å². The molecule has 5 rings (SSSR count). The highest BCUT2D eigenvalue weighted by Crippen LogP contribution is 2.40. The fourth-order valence-corrected chi connectivity index (χ4v) is 4.82. The molecule has 1 unspecified atom stereocenters.